The number of hydrogen-bond donors (Lipinski definition) is 1. The third kappa shape index (κ3) is 5.08. The Labute approximate surface area is 140 Å². The van der Waals surface area contributed by atoms with E-state index in [1.807, 2.05) is 6.92 Å². The molecule has 2 aromatic rings. The molecule has 6 heteroatoms. The van der Waals surface area contributed by atoms with Crippen LogP contribution in [0.1, 0.15) is 30.1 Å². The van der Waals surface area contributed by atoms with Crippen LogP contribution in [0, 0.1) is 0 Å². The average Bonchev–Trinajstić information content (AvgIpc) is 2.61. The van der Waals surface area contributed by atoms with Gasteiger partial charge in [0.1, 0.15) is 5.75 Å². The van der Waals surface area contributed by atoms with E-state index in [1.54, 1.807) is 36.4 Å². The number of benzene rings is 1. The van der Waals surface area contributed by atoms with Gasteiger partial charge >= 0.3 is 0 Å². The minimum absolute atomic E-state index is 0.0824. The van der Waals surface area contributed by atoms with Crippen LogP contribution in [0.25, 0.3) is 0 Å². The highest BCUT2D eigenvalue weighted by molar-refractivity contribution is 6.00. The molecule has 0 aliphatic carbocycles. The van der Waals surface area contributed by atoms with Crippen molar-refractivity contribution in [2.24, 2.45) is 0 Å². The number of anilines is 1. The van der Waals surface area contributed by atoms with Gasteiger partial charge in [-0.1, -0.05) is 0 Å². The number of carbonyl (C=O) groups excluding carboxylic acids is 2. The van der Waals surface area contributed by atoms with E-state index in [0.717, 1.165) is 5.75 Å². The van der Waals surface area contributed by atoms with Crippen molar-refractivity contribution >= 4 is 17.4 Å². The summed E-state index contributed by atoms with van der Waals surface area (Å²) in [6.45, 7) is 2.48. The average molecular weight is 328 g/mol. The minimum atomic E-state index is -0.235. The molecule has 1 aromatic heterocycles. The van der Waals surface area contributed by atoms with Gasteiger partial charge in [-0.05, 0) is 37.3 Å². The number of nitrogens with one attached hydrogen (secondary N) is 1. The lowest BCUT2D eigenvalue weighted by Gasteiger charge is -2.06. The Hall–Kier alpha value is -2.89. The Morgan fingerprint density at radius 3 is 2.42 bits per heavy atom. The molecule has 1 N–H and O–H groups in total. The number of ketones is 1. The van der Waals surface area contributed by atoms with Crippen LogP contribution in [0.3, 0.4) is 0 Å². The molecule has 1 aromatic carbocycles. The number of carbonyl (C=O) groups is 2. The van der Waals surface area contributed by atoms with E-state index < -0.39 is 0 Å². The van der Waals surface area contributed by atoms with Crippen LogP contribution in [-0.4, -0.2) is 30.4 Å². The molecule has 0 aliphatic heterocycles. The van der Waals surface area contributed by atoms with E-state index in [9.17, 15) is 9.59 Å². The monoisotopic (exact) mass is 328 g/mol. The SMILES string of the molecule is CCOc1ccc(C(=O)CCC(=O)Nc2ccc(OC)nc2)cc1. The molecular formula is C18H20N2O4. The van der Waals surface area contributed by atoms with Gasteiger partial charge in [0.15, 0.2) is 5.78 Å². The smallest absolute Gasteiger partial charge is 0.224 e. The third-order valence-electron chi connectivity index (χ3n) is 3.30. The summed E-state index contributed by atoms with van der Waals surface area (Å²) in [6, 6.07) is 10.3. The highest BCUT2D eigenvalue weighted by atomic mass is 16.5. The summed E-state index contributed by atoms with van der Waals surface area (Å²) >= 11 is 0. The maximum absolute atomic E-state index is 12.1. The van der Waals surface area contributed by atoms with Crippen molar-refractivity contribution in [2.45, 2.75) is 19.8 Å². The van der Waals surface area contributed by atoms with E-state index >= 15 is 0 Å². The standard InChI is InChI=1S/C18H20N2O4/c1-3-24-15-7-4-13(5-8-15)16(21)9-10-17(22)20-14-6-11-18(23-2)19-12-14/h4-8,11-12H,3,9-10H2,1-2H3,(H,20,22). The van der Waals surface area contributed by atoms with Crippen molar-refractivity contribution in [3.8, 4) is 11.6 Å². The molecule has 1 heterocycles. The predicted octanol–water partition coefficient (Wildman–Crippen LogP) is 3.09. The van der Waals surface area contributed by atoms with Crippen molar-refractivity contribution in [3.63, 3.8) is 0 Å². The van der Waals surface area contributed by atoms with Gasteiger partial charge in [-0.3, -0.25) is 9.59 Å². The first-order valence-electron chi connectivity index (χ1n) is 7.68. The Bertz CT molecular complexity index is 681. The second-order valence-corrected chi connectivity index (χ2v) is 5.02. The van der Waals surface area contributed by atoms with Crippen molar-refractivity contribution in [1.29, 1.82) is 0 Å². The fourth-order valence-corrected chi connectivity index (χ4v) is 2.07. The molecule has 126 valence electrons. The first kappa shape index (κ1) is 17.5. The Morgan fingerprint density at radius 1 is 1.08 bits per heavy atom. The number of amides is 1. The zero-order chi connectivity index (χ0) is 17.4. The second kappa shape index (κ2) is 8.67. The van der Waals surface area contributed by atoms with Gasteiger partial charge in [-0.15, -0.1) is 0 Å². The number of nitrogens with zero attached hydrogens (tertiary/aromatic N) is 1. The summed E-state index contributed by atoms with van der Waals surface area (Å²) in [6.07, 6.45) is 1.76. The van der Waals surface area contributed by atoms with Crippen LogP contribution in [-0.2, 0) is 4.79 Å². The van der Waals surface area contributed by atoms with E-state index in [4.69, 9.17) is 9.47 Å². The topological polar surface area (TPSA) is 77.5 Å². The van der Waals surface area contributed by atoms with Gasteiger partial charge in [-0.2, -0.15) is 0 Å². The highest BCUT2D eigenvalue weighted by Gasteiger charge is 2.10. The maximum atomic E-state index is 12.1. The maximum Gasteiger partial charge on any atom is 0.224 e. The molecule has 2 rings (SSSR count). The molecule has 0 spiro atoms. The van der Waals surface area contributed by atoms with Crippen LogP contribution in [0.5, 0.6) is 11.6 Å². The Kier molecular flexibility index (Phi) is 6.31. The number of hydrogen-bond acceptors (Lipinski definition) is 5. The minimum Gasteiger partial charge on any atom is -0.494 e. The van der Waals surface area contributed by atoms with Gasteiger partial charge in [0.2, 0.25) is 11.8 Å². The number of methoxy groups -OCH3 is 1. The number of Topliss-reactive ketones (excluding diaryl/α,β-unsaturated/α-hetero) is 1. The molecular weight excluding hydrogens is 308 g/mol. The zero-order valence-corrected chi connectivity index (χ0v) is 13.7. The van der Waals surface area contributed by atoms with Crippen LogP contribution >= 0.6 is 0 Å². The van der Waals surface area contributed by atoms with Gasteiger partial charge in [0.05, 0.1) is 25.6 Å². The molecule has 0 saturated heterocycles. The largest absolute Gasteiger partial charge is 0.494 e. The van der Waals surface area contributed by atoms with Crippen LogP contribution in [0.4, 0.5) is 5.69 Å². The van der Waals surface area contributed by atoms with E-state index in [2.05, 4.69) is 10.3 Å². The zero-order valence-electron chi connectivity index (χ0n) is 13.7. The van der Waals surface area contributed by atoms with Gasteiger partial charge in [-0.25, -0.2) is 4.98 Å². The molecule has 0 saturated carbocycles. The van der Waals surface area contributed by atoms with Crippen LogP contribution in [0.15, 0.2) is 42.6 Å². The van der Waals surface area contributed by atoms with E-state index in [-0.39, 0.29) is 24.5 Å². The fraction of sp³-hybridized carbons (Fsp3) is 0.278. The van der Waals surface area contributed by atoms with E-state index in [0.29, 0.717) is 23.7 Å². The lowest BCUT2D eigenvalue weighted by atomic mass is 10.1. The molecule has 0 aliphatic rings. The van der Waals surface area contributed by atoms with Crippen LogP contribution < -0.4 is 14.8 Å². The number of ether oxygens (including phenoxy) is 2. The van der Waals surface area contributed by atoms with Crippen molar-refractivity contribution in [1.82, 2.24) is 4.98 Å². The Morgan fingerprint density at radius 2 is 1.83 bits per heavy atom. The van der Waals surface area contributed by atoms with Gasteiger partial charge < -0.3 is 14.8 Å². The molecule has 6 nitrogen and oxygen atoms in total. The molecule has 0 bridgehead atoms. The summed E-state index contributed by atoms with van der Waals surface area (Å²) in [5, 5.41) is 2.70. The summed E-state index contributed by atoms with van der Waals surface area (Å²) in [4.78, 5) is 28.0. The number of aromatic nitrogens is 1. The highest BCUT2D eigenvalue weighted by Crippen LogP contribution is 2.15. The molecule has 24 heavy (non-hydrogen) atoms. The third-order valence-corrected chi connectivity index (χ3v) is 3.30. The molecule has 0 radical (unpaired) electrons. The molecule has 0 atom stereocenters. The quantitative estimate of drug-likeness (QED) is 0.754. The van der Waals surface area contributed by atoms with E-state index in [1.165, 1.54) is 13.3 Å². The first-order chi connectivity index (χ1) is 11.6. The van der Waals surface area contributed by atoms with Gasteiger partial charge in [0.25, 0.3) is 0 Å². The van der Waals surface area contributed by atoms with Crippen LogP contribution in [0.2, 0.25) is 0 Å². The second-order valence-electron chi connectivity index (χ2n) is 5.02. The lowest BCUT2D eigenvalue weighted by molar-refractivity contribution is -0.116. The van der Waals surface area contributed by atoms with Gasteiger partial charge in [0, 0.05) is 24.5 Å². The first-order valence-corrected chi connectivity index (χ1v) is 7.68. The van der Waals surface area contributed by atoms with Crippen molar-refractivity contribution < 1.29 is 19.1 Å². The predicted molar refractivity (Wildman–Crippen MR) is 90.6 cm³/mol. The molecule has 0 fully saturated rings. The summed E-state index contributed by atoms with van der Waals surface area (Å²) in [5.74, 6) is 0.875. The molecule has 0 unspecified atom stereocenters. The number of rotatable bonds is 8. The summed E-state index contributed by atoms with van der Waals surface area (Å²) in [7, 11) is 1.52. The molecule has 1 amide bonds. The normalized spacial score (nSPS) is 10.1. The summed E-state index contributed by atoms with van der Waals surface area (Å²) < 4.78 is 10.3. The van der Waals surface area contributed by atoms with Crippen molar-refractivity contribution in [3.05, 3.63) is 48.2 Å². The fourth-order valence-electron chi connectivity index (χ4n) is 2.07. The lowest BCUT2D eigenvalue weighted by Crippen LogP contribution is -2.13. The Balaban J connectivity index is 1.82. The number of pyridine rings is 1. The van der Waals surface area contributed by atoms with Crippen molar-refractivity contribution in [2.75, 3.05) is 19.0 Å². The summed E-state index contributed by atoms with van der Waals surface area (Å²) in [5.41, 5.74) is 1.13.